The van der Waals surface area contributed by atoms with Crippen LogP contribution >= 0.6 is 11.6 Å². The van der Waals surface area contributed by atoms with Crippen LogP contribution in [0.4, 0.5) is 0 Å². The van der Waals surface area contributed by atoms with E-state index in [1.807, 2.05) is 60.7 Å². The van der Waals surface area contributed by atoms with Crippen molar-refractivity contribution in [3.8, 4) is 0 Å². The fourth-order valence-electron chi connectivity index (χ4n) is 4.36. The molecule has 7 nitrogen and oxygen atoms in total. The van der Waals surface area contributed by atoms with Gasteiger partial charge in [-0.15, -0.1) is 0 Å². The molecule has 0 saturated heterocycles. The Kier molecular flexibility index (Phi) is 12.2. The number of halogens is 1. The standard InChI is InChI=1S/C31H38ClN3O4S/c1-3-4-11-20-33-31(37)29(21-25-12-7-5-8-13-25)35(23-27-16-18-28(32)19-17-27)30(36)24-34(40(2,38)39)22-26-14-9-6-10-15-26/h5-10,12-19,29H,3-4,11,20-24H2,1-2H3,(H,33,37). The van der Waals surface area contributed by atoms with Gasteiger partial charge in [-0.1, -0.05) is 104 Å². The first-order valence-electron chi connectivity index (χ1n) is 13.5. The Morgan fingerprint density at radius 3 is 1.98 bits per heavy atom. The number of nitrogens with zero attached hydrogens (tertiary/aromatic N) is 2. The Labute approximate surface area is 243 Å². The summed E-state index contributed by atoms with van der Waals surface area (Å²) in [4.78, 5) is 29.1. The summed E-state index contributed by atoms with van der Waals surface area (Å²) in [5.41, 5.74) is 2.44. The first-order chi connectivity index (χ1) is 19.2. The Balaban J connectivity index is 1.95. The molecule has 0 aromatic heterocycles. The van der Waals surface area contributed by atoms with Gasteiger partial charge in [0.05, 0.1) is 12.8 Å². The molecule has 3 aromatic rings. The van der Waals surface area contributed by atoms with Gasteiger partial charge in [0.1, 0.15) is 6.04 Å². The molecular weight excluding hydrogens is 546 g/mol. The lowest BCUT2D eigenvalue weighted by Gasteiger charge is -2.33. The molecule has 1 unspecified atom stereocenters. The quantitative estimate of drug-likeness (QED) is 0.254. The van der Waals surface area contributed by atoms with Crippen LogP contribution < -0.4 is 5.32 Å². The average molecular weight is 584 g/mol. The van der Waals surface area contributed by atoms with Gasteiger partial charge < -0.3 is 10.2 Å². The molecule has 0 aliphatic carbocycles. The zero-order valence-corrected chi connectivity index (χ0v) is 24.7. The minimum absolute atomic E-state index is 0.0484. The summed E-state index contributed by atoms with van der Waals surface area (Å²) >= 11 is 6.09. The maximum Gasteiger partial charge on any atom is 0.243 e. The van der Waals surface area contributed by atoms with Gasteiger partial charge in [0.2, 0.25) is 21.8 Å². The average Bonchev–Trinajstić information content (AvgIpc) is 2.94. The van der Waals surface area contributed by atoms with Crippen molar-refractivity contribution in [1.29, 1.82) is 0 Å². The molecule has 0 saturated carbocycles. The predicted molar refractivity (Wildman–Crippen MR) is 160 cm³/mol. The molecule has 1 atom stereocenters. The number of benzene rings is 3. The van der Waals surface area contributed by atoms with Gasteiger partial charge in [-0.3, -0.25) is 9.59 Å². The number of hydrogen-bond donors (Lipinski definition) is 1. The van der Waals surface area contributed by atoms with Crippen molar-refractivity contribution in [2.75, 3.05) is 19.3 Å². The maximum absolute atomic E-state index is 14.0. The zero-order valence-electron chi connectivity index (χ0n) is 23.1. The maximum atomic E-state index is 14.0. The van der Waals surface area contributed by atoms with Gasteiger partial charge in [-0.25, -0.2) is 8.42 Å². The molecule has 3 aromatic carbocycles. The number of amides is 2. The van der Waals surface area contributed by atoms with Gasteiger partial charge in [0, 0.05) is 31.1 Å². The molecular formula is C31H38ClN3O4S. The van der Waals surface area contributed by atoms with Crippen LogP contribution in [0.5, 0.6) is 0 Å². The number of carbonyl (C=O) groups excluding carboxylic acids is 2. The van der Waals surface area contributed by atoms with E-state index in [4.69, 9.17) is 11.6 Å². The van der Waals surface area contributed by atoms with Gasteiger partial charge >= 0.3 is 0 Å². The molecule has 0 spiro atoms. The van der Waals surface area contributed by atoms with E-state index in [2.05, 4.69) is 12.2 Å². The number of nitrogens with one attached hydrogen (secondary N) is 1. The summed E-state index contributed by atoms with van der Waals surface area (Å²) in [6, 6.07) is 24.9. The molecule has 0 bridgehead atoms. The van der Waals surface area contributed by atoms with Crippen LogP contribution in [-0.2, 0) is 39.1 Å². The summed E-state index contributed by atoms with van der Waals surface area (Å²) in [7, 11) is -3.73. The van der Waals surface area contributed by atoms with Crippen LogP contribution in [0.2, 0.25) is 5.02 Å². The molecule has 0 fully saturated rings. The second-order valence-electron chi connectivity index (χ2n) is 9.87. The first-order valence-corrected chi connectivity index (χ1v) is 15.7. The number of unbranched alkanes of at least 4 members (excludes halogenated alkanes) is 2. The molecule has 0 aliphatic rings. The van der Waals surface area contributed by atoms with E-state index in [0.717, 1.165) is 46.5 Å². The van der Waals surface area contributed by atoms with E-state index >= 15 is 0 Å². The largest absolute Gasteiger partial charge is 0.354 e. The van der Waals surface area contributed by atoms with E-state index in [1.54, 1.807) is 24.3 Å². The van der Waals surface area contributed by atoms with Crippen LogP contribution in [0.1, 0.15) is 42.9 Å². The lowest BCUT2D eigenvalue weighted by molar-refractivity contribution is -0.141. The molecule has 0 heterocycles. The number of rotatable bonds is 15. The van der Waals surface area contributed by atoms with E-state index in [-0.39, 0.29) is 25.4 Å². The topological polar surface area (TPSA) is 86.8 Å². The SMILES string of the molecule is CCCCCNC(=O)C(Cc1ccccc1)N(Cc1ccc(Cl)cc1)C(=O)CN(Cc1ccccc1)S(C)(=O)=O. The highest BCUT2D eigenvalue weighted by Crippen LogP contribution is 2.18. The molecule has 9 heteroatoms. The molecule has 2 amide bonds. The van der Waals surface area contributed by atoms with Crippen molar-refractivity contribution in [1.82, 2.24) is 14.5 Å². The summed E-state index contributed by atoms with van der Waals surface area (Å²) in [6.07, 6.45) is 4.23. The third-order valence-corrected chi connectivity index (χ3v) is 8.05. The second-order valence-corrected chi connectivity index (χ2v) is 12.3. The molecule has 1 N–H and O–H groups in total. The minimum atomic E-state index is -3.73. The second kappa shape index (κ2) is 15.6. The van der Waals surface area contributed by atoms with Crippen LogP contribution in [0, 0.1) is 0 Å². The van der Waals surface area contributed by atoms with E-state index in [1.165, 1.54) is 4.90 Å². The summed E-state index contributed by atoms with van der Waals surface area (Å²) in [5, 5.41) is 3.56. The third-order valence-electron chi connectivity index (χ3n) is 6.60. The van der Waals surface area contributed by atoms with Crippen LogP contribution in [0.15, 0.2) is 84.9 Å². The Hall–Kier alpha value is -3.20. The fraction of sp³-hybridized carbons (Fsp3) is 0.355. The highest BCUT2D eigenvalue weighted by molar-refractivity contribution is 7.88. The third kappa shape index (κ3) is 10.1. The van der Waals surface area contributed by atoms with Crippen molar-refractivity contribution in [3.05, 3.63) is 107 Å². The lowest BCUT2D eigenvalue weighted by atomic mass is 10.0. The predicted octanol–water partition coefficient (Wildman–Crippen LogP) is 5.05. The monoisotopic (exact) mass is 583 g/mol. The zero-order chi connectivity index (χ0) is 29.0. The van der Waals surface area contributed by atoms with Gasteiger partial charge in [-0.05, 0) is 35.2 Å². The highest BCUT2D eigenvalue weighted by atomic mass is 35.5. The van der Waals surface area contributed by atoms with Crippen LogP contribution in [0.3, 0.4) is 0 Å². The molecule has 214 valence electrons. The van der Waals surface area contributed by atoms with Crippen molar-refractivity contribution in [3.63, 3.8) is 0 Å². The van der Waals surface area contributed by atoms with Crippen molar-refractivity contribution >= 4 is 33.4 Å². The summed E-state index contributed by atoms with van der Waals surface area (Å²) in [5.74, 6) is -0.725. The normalized spacial score (nSPS) is 12.2. The van der Waals surface area contributed by atoms with Crippen LogP contribution in [0.25, 0.3) is 0 Å². The molecule has 3 rings (SSSR count). The Morgan fingerprint density at radius 1 is 0.825 bits per heavy atom. The Bertz CT molecular complexity index is 1320. The highest BCUT2D eigenvalue weighted by Gasteiger charge is 2.32. The van der Waals surface area contributed by atoms with Gasteiger partial charge in [0.25, 0.3) is 0 Å². The number of carbonyl (C=O) groups is 2. The van der Waals surface area contributed by atoms with Crippen molar-refractivity contribution in [2.24, 2.45) is 0 Å². The van der Waals surface area contributed by atoms with Crippen molar-refractivity contribution in [2.45, 2.75) is 51.7 Å². The molecule has 0 radical (unpaired) electrons. The van der Waals surface area contributed by atoms with E-state index in [9.17, 15) is 18.0 Å². The van der Waals surface area contributed by atoms with E-state index in [0.29, 0.717) is 11.6 Å². The van der Waals surface area contributed by atoms with Crippen molar-refractivity contribution < 1.29 is 18.0 Å². The number of hydrogen-bond acceptors (Lipinski definition) is 4. The van der Waals surface area contributed by atoms with Gasteiger partial charge in [-0.2, -0.15) is 4.31 Å². The summed E-state index contributed by atoms with van der Waals surface area (Å²) < 4.78 is 26.6. The fourth-order valence-corrected chi connectivity index (χ4v) is 5.22. The Morgan fingerprint density at radius 2 is 1.40 bits per heavy atom. The number of sulfonamides is 1. The van der Waals surface area contributed by atoms with E-state index < -0.39 is 28.5 Å². The molecule has 40 heavy (non-hydrogen) atoms. The molecule has 0 aliphatic heterocycles. The summed E-state index contributed by atoms with van der Waals surface area (Å²) in [6.45, 7) is 2.38. The van der Waals surface area contributed by atoms with Crippen LogP contribution in [-0.4, -0.2) is 54.8 Å². The lowest BCUT2D eigenvalue weighted by Crippen LogP contribution is -2.53. The minimum Gasteiger partial charge on any atom is -0.354 e. The first kappa shape index (κ1) is 31.3. The smallest absolute Gasteiger partial charge is 0.243 e. The van der Waals surface area contributed by atoms with Gasteiger partial charge in [0.15, 0.2) is 0 Å².